The molecule has 8 heteroatoms. The normalized spacial score (nSPS) is 11.5. The molecule has 110 valence electrons. The summed E-state index contributed by atoms with van der Waals surface area (Å²) in [7, 11) is 0. The first-order chi connectivity index (χ1) is 10.4. The van der Waals surface area contributed by atoms with Crippen molar-refractivity contribution >= 4 is 16.7 Å². The van der Waals surface area contributed by atoms with Gasteiger partial charge in [0.05, 0.1) is 23.0 Å². The van der Waals surface area contributed by atoms with Gasteiger partial charge < -0.3 is 5.73 Å². The molecule has 0 fully saturated rings. The maximum atomic E-state index is 13.1. The van der Waals surface area contributed by atoms with E-state index in [0.29, 0.717) is 5.69 Å². The lowest BCUT2D eigenvalue weighted by atomic mass is 10.1. The largest absolute Gasteiger partial charge is 0.418 e. The summed E-state index contributed by atoms with van der Waals surface area (Å²) in [4.78, 5) is 3.82. The van der Waals surface area contributed by atoms with E-state index in [-0.39, 0.29) is 22.3 Å². The maximum Gasteiger partial charge on any atom is 0.418 e. The van der Waals surface area contributed by atoms with Crippen molar-refractivity contribution in [3.63, 3.8) is 0 Å². The van der Waals surface area contributed by atoms with E-state index in [1.165, 1.54) is 35.3 Å². The number of para-hydroxylation sites is 1. The Labute approximate surface area is 122 Å². The number of pyridine rings is 1. The number of benzene rings is 1. The standard InChI is InChI=1S/C14H8F3N5/c15-14(16,17)10-3-1-2-9-11(4-5-20-12(9)10)22-13(19)8(6-18)7-21-22/h1-5,7H,19H2. The molecule has 0 aliphatic rings. The zero-order chi connectivity index (χ0) is 15.9. The average Bonchev–Trinajstić information content (AvgIpc) is 2.85. The number of nitriles is 1. The molecule has 22 heavy (non-hydrogen) atoms. The maximum absolute atomic E-state index is 13.1. The molecule has 0 spiro atoms. The lowest BCUT2D eigenvalue weighted by Gasteiger charge is -2.12. The first-order valence-electron chi connectivity index (χ1n) is 6.12. The zero-order valence-corrected chi connectivity index (χ0v) is 11.0. The van der Waals surface area contributed by atoms with Crippen LogP contribution >= 0.6 is 0 Å². The number of hydrogen-bond donors (Lipinski definition) is 1. The van der Waals surface area contributed by atoms with Crippen LogP contribution in [0.25, 0.3) is 16.6 Å². The second kappa shape index (κ2) is 4.73. The van der Waals surface area contributed by atoms with Gasteiger partial charge in [0.2, 0.25) is 0 Å². The van der Waals surface area contributed by atoms with Crippen LogP contribution < -0.4 is 5.73 Å². The number of hydrogen-bond acceptors (Lipinski definition) is 4. The van der Waals surface area contributed by atoms with Gasteiger partial charge in [-0.1, -0.05) is 12.1 Å². The molecule has 2 heterocycles. The van der Waals surface area contributed by atoms with Crippen LogP contribution in [-0.2, 0) is 6.18 Å². The molecule has 2 N–H and O–H groups in total. The van der Waals surface area contributed by atoms with E-state index in [4.69, 9.17) is 11.0 Å². The number of anilines is 1. The second-order valence-corrected chi connectivity index (χ2v) is 4.50. The van der Waals surface area contributed by atoms with Gasteiger partial charge in [-0.2, -0.15) is 23.5 Å². The predicted octanol–water partition coefficient (Wildman–Crippen LogP) is 2.89. The van der Waals surface area contributed by atoms with Crippen LogP contribution in [0.1, 0.15) is 11.1 Å². The molecule has 0 amide bonds. The Bertz CT molecular complexity index is 905. The minimum absolute atomic E-state index is 0.0624. The Hall–Kier alpha value is -3.08. The van der Waals surface area contributed by atoms with Crippen molar-refractivity contribution in [1.82, 2.24) is 14.8 Å². The summed E-state index contributed by atoms with van der Waals surface area (Å²) in [6.07, 6.45) is -2.01. The van der Waals surface area contributed by atoms with E-state index in [2.05, 4.69) is 10.1 Å². The van der Waals surface area contributed by atoms with E-state index in [1.54, 1.807) is 0 Å². The van der Waals surface area contributed by atoms with Crippen molar-refractivity contribution in [3.8, 4) is 11.8 Å². The summed E-state index contributed by atoms with van der Waals surface area (Å²) < 4.78 is 40.4. The fourth-order valence-electron chi connectivity index (χ4n) is 2.21. The van der Waals surface area contributed by atoms with E-state index < -0.39 is 11.7 Å². The van der Waals surface area contributed by atoms with E-state index in [1.807, 2.05) is 6.07 Å². The van der Waals surface area contributed by atoms with Crippen molar-refractivity contribution in [2.24, 2.45) is 0 Å². The van der Waals surface area contributed by atoms with Crippen molar-refractivity contribution in [3.05, 3.63) is 47.8 Å². The van der Waals surface area contributed by atoms with Crippen LogP contribution in [0.5, 0.6) is 0 Å². The third-order valence-electron chi connectivity index (χ3n) is 3.21. The molecule has 0 unspecified atom stereocenters. The number of rotatable bonds is 1. The van der Waals surface area contributed by atoms with Gasteiger partial charge in [0.25, 0.3) is 0 Å². The van der Waals surface area contributed by atoms with Gasteiger partial charge in [0, 0.05) is 11.6 Å². The highest BCUT2D eigenvalue weighted by Gasteiger charge is 2.33. The summed E-state index contributed by atoms with van der Waals surface area (Å²) >= 11 is 0. The van der Waals surface area contributed by atoms with E-state index in [0.717, 1.165) is 6.07 Å². The second-order valence-electron chi connectivity index (χ2n) is 4.50. The van der Waals surface area contributed by atoms with Crippen LogP contribution in [-0.4, -0.2) is 14.8 Å². The van der Waals surface area contributed by atoms with Crippen molar-refractivity contribution in [1.29, 1.82) is 5.26 Å². The molecule has 3 aromatic rings. The highest BCUT2D eigenvalue weighted by molar-refractivity contribution is 5.90. The van der Waals surface area contributed by atoms with Crippen LogP contribution in [0.3, 0.4) is 0 Å². The molecule has 0 bridgehead atoms. The monoisotopic (exact) mass is 303 g/mol. The molecule has 0 saturated heterocycles. The number of nitrogens with two attached hydrogens (primary N) is 1. The molecular weight excluding hydrogens is 295 g/mol. The van der Waals surface area contributed by atoms with Gasteiger partial charge in [0.15, 0.2) is 0 Å². The SMILES string of the molecule is N#Cc1cnn(-c2ccnc3c(C(F)(F)F)cccc23)c1N. The number of aromatic nitrogens is 3. The van der Waals surface area contributed by atoms with Gasteiger partial charge in [-0.05, 0) is 12.1 Å². The summed E-state index contributed by atoms with van der Waals surface area (Å²) in [6, 6.07) is 7.12. The van der Waals surface area contributed by atoms with Gasteiger partial charge in [-0.3, -0.25) is 4.98 Å². The highest BCUT2D eigenvalue weighted by Crippen LogP contribution is 2.35. The third kappa shape index (κ3) is 2.03. The predicted molar refractivity (Wildman–Crippen MR) is 73.0 cm³/mol. The van der Waals surface area contributed by atoms with Crippen molar-refractivity contribution in [2.75, 3.05) is 5.73 Å². The summed E-state index contributed by atoms with van der Waals surface area (Å²) in [5.41, 5.74) is 5.25. The van der Waals surface area contributed by atoms with Crippen molar-refractivity contribution < 1.29 is 13.2 Å². The fourth-order valence-corrected chi connectivity index (χ4v) is 2.21. The van der Waals surface area contributed by atoms with Gasteiger partial charge in [-0.25, -0.2) is 4.68 Å². The fraction of sp³-hybridized carbons (Fsp3) is 0.0714. The van der Waals surface area contributed by atoms with Crippen LogP contribution in [0.15, 0.2) is 36.7 Å². The molecule has 5 nitrogen and oxygen atoms in total. The van der Waals surface area contributed by atoms with Gasteiger partial charge in [-0.15, -0.1) is 0 Å². The van der Waals surface area contributed by atoms with Gasteiger partial charge in [0.1, 0.15) is 17.5 Å². The highest BCUT2D eigenvalue weighted by atomic mass is 19.4. The third-order valence-corrected chi connectivity index (χ3v) is 3.21. The van der Waals surface area contributed by atoms with Crippen LogP contribution in [0, 0.1) is 11.3 Å². The molecule has 0 atom stereocenters. The first-order valence-corrected chi connectivity index (χ1v) is 6.12. The molecule has 2 aromatic heterocycles. The van der Waals surface area contributed by atoms with Crippen LogP contribution in [0.4, 0.5) is 19.0 Å². The summed E-state index contributed by atoms with van der Waals surface area (Å²) in [5, 5.41) is 13.1. The molecule has 3 rings (SSSR count). The minimum Gasteiger partial charge on any atom is -0.382 e. The van der Waals surface area contributed by atoms with Crippen molar-refractivity contribution in [2.45, 2.75) is 6.18 Å². The molecule has 0 saturated carbocycles. The molecule has 0 aliphatic carbocycles. The lowest BCUT2D eigenvalue weighted by molar-refractivity contribution is -0.136. The smallest absolute Gasteiger partial charge is 0.382 e. The van der Waals surface area contributed by atoms with E-state index >= 15 is 0 Å². The number of halogens is 3. The average molecular weight is 303 g/mol. The lowest BCUT2D eigenvalue weighted by Crippen LogP contribution is -2.08. The zero-order valence-electron chi connectivity index (χ0n) is 11.0. The topological polar surface area (TPSA) is 80.5 Å². The number of nitrogens with zero attached hydrogens (tertiary/aromatic N) is 4. The summed E-state index contributed by atoms with van der Waals surface area (Å²) in [6.45, 7) is 0. The Balaban J connectivity index is 2.33. The Kier molecular flexibility index (Phi) is 2.99. The van der Waals surface area contributed by atoms with Crippen LogP contribution in [0.2, 0.25) is 0 Å². The first kappa shape index (κ1) is 13.9. The quantitative estimate of drug-likeness (QED) is 0.749. The molecule has 0 aliphatic heterocycles. The Morgan fingerprint density at radius 2 is 2.00 bits per heavy atom. The minimum atomic E-state index is -4.52. The Morgan fingerprint density at radius 1 is 1.23 bits per heavy atom. The number of nitrogen functional groups attached to an aromatic ring is 1. The summed E-state index contributed by atoms with van der Waals surface area (Å²) in [5.74, 6) is 0.0624. The van der Waals surface area contributed by atoms with E-state index in [9.17, 15) is 13.2 Å². The van der Waals surface area contributed by atoms with Gasteiger partial charge >= 0.3 is 6.18 Å². The number of fused-ring (bicyclic) bond motifs is 1. The molecule has 1 aromatic carbocycles. The Morgan fingerprint density at radius 3 is 2.64 bits per heavy atom. The molecular formula is C14H8F3N5. The number of alkyl halides is 3. The molecule has 0 radical (unpaired) electrons.